The molecule has 7 rings (SSSR count). The summed E-state index contributed by atoms with van der Waals surface area (Å²) in [6.45, 7) is 4.82. The van der Waals surface area contributed by atoms with Crippen LogP contribution >= 0.6 is 11.3 Å². The minimum atomic E-state index is -3.73. The van der Waals surface area contributed by atoms with Crippen molar-refractivity contribution in [3.8, 4) is 21.8 Å². The number of aryl methyl sites for hydroxylation is 1. The number of benzene rings is 2. The van der Waals surface area contributed by atoms with Crippen molar-refractivity contribution >= 4 is 44.8 Å². The second-order valence-corrected chi connectivity index (χ2v) is 14.5. The van der Waals surface area contributed by atoms with E-state index in [1.807, 2.05) is 6.92 Å². The standard InChI is InChI=1S/C32H33N7O6S2/c1-19-7-9-21(10-8-19)47(43,44)37-20-4-3-13-38(18-20)31(41)25-12-11-24(46-25)29-27-28(34-35-29)22-5-2-6-23(26(22)30(27)40)33-32(42)36-39-14-16-45-17-15-39/h2,5-12,20,37H,3-4,13-18H2,1H3,(H,34,35)(H2,33,36,42). The molecule has 4 heterocycles. The number of thiophene rings is 1. The van der Waals surface area contributed by atoms with Crippen LogP contribution in [0.2, 0.25) is 0 Å². The maximum absolute atomic E-state index is 13.8. The number of nitrogens with zero attached hydrogens (tertiary/aromatic N) is 3. The molecule has 4 aromatic rings. The van der Waals surface area contributed by atoms with Gasteiger partial charge < -0.3 is 15.0 Å². The van der Waals surface area contributed by atoms with Crippen molar-refractivity contribution < 1.29 is 27.5 Å². The monoisotopic (exact) mass is 675 g/mol. The first-order valence-electron chi connectivity index (χ1n) is 15.3. The molecule has 47 heavy (non-hydrogen) atoms. The molecular weight excluding hydrogens is 643 g/mol. The SMILES string of the molecule is Cc1ccc(S(=O)(=O)NC2CCCN(C(=O)c3ccc(-c4n[nH]c5c4C(=O)c4c(NC(=O)NN6CCOCC6)cccc4-5)s3)C2)cc1. The summed E-state index contributed by atoms with van der Waals surface area (Å²) in [5.74, 6) is -0.484. The Hall–Kier alpha value is -4.41. The number of nitrogens with one attached hydrogen (secondary N) is 4. The van der Waals surface area contributed by atoms with E-state index in [-0.39, 0.29) is 23.1 Å². The number of hydrogen-bond donors (Lipinski definition) is 4. The number of ether oxygens (including phenoxy) is 1. The number of aromatic amines is 1. The molecule has 15 heteroatoms. The zero-order valence-electron chi connectivity index (χ0n) is 25.5. The number of ketones is 1. The summed E-state index contributed by atoms with van der Waals surface area (Å²) >= 11 is 1.23. The van der Waals surface area contributed by atoms with Crippen LogP contribution in [0.4, 0.5) is 10.5 Å². The lowest BCUT2D eigenvalue weighted by Crippen LogP contribution is -2.49. The van der Waals surface area contributed by atoms with Crippen LogP contribution in [0.1, 0.15) is 44.0 Å². The first kappa shape index (κ1) is 31.2. The van der Waals surface area contributed by atoms with Gasteiger partial charge in [-0.15, -0.1) is 11.3 Å². The van der Waals surface area contributed by atoms with E-state index >= 15 is 0 Å². The van der Waals surface area contributed by atoms with E-state index in [0.29, 0.717) is 89.2 Å². The Morgan fingerprint density at radius 3 is 2.60 bits per heavy atom. The van der Waals surface area contributed by atoms with Crippen LogP contribution in [-0.2, 0) is 14.8 Å². The van der Waals surface area contributed by atoms with Gasteiger partial charge in [-0.05, 0) is 50.1 Å². The summed E-state index contributed by atoms with van der Waals surface area (Å²) in [7, 11) is -3.73. The third kappa shape index (κ3) is 6.19. The number of amides is 3. The maximum Gasteiger partial charge on any atom is 0.333 e. The van der Waals surface area contributed by atoms with Crippen LogP contribution in [0.3, 0.4) is 0 Å². The molecule has 3 aliphatic rings. The number of piperidine rings is 1. The average molecular weight is 676 g/mol. The number of fused-ring (bicyclic) bond motifs is 3. The first-order chi connectivity index (χ1) is 22.7. The second kappa shape index (κ2) is 12.7. The zero-order chi connectivity index (χ0) is 32.7. The number of carbonyl (C=O) groups excluding carboxylic acids is 3. The molecule has 0 radical (unpaired) electrons. The van der Waals surface area contributed by atoms with Gasteiger partial charge in [-0.25, -0.2) is 22.9 Å². The molecule has 1 aliphatic carbocycles. The van der Waals surface area contributed by atoms with E-state index in [1.54, 1.807) is 64.5 Å². The van der Waals surface area contributed by atoms with Gasteiger partial charge in [-0.1, -0.05) is 29.8 Å². The fourth-order valence-corrected chi connectivity index (χ4v) is 8.37. The molecule has 1 unspecified atom stereocenters. The second-order valence-electron chi connectivity index (χ2n) is 11.7. The quantitative estimate of drug-likeness (QED) is 0.203. The third-order valence-electron chi connectivity index (χ3n) is 8.49. The molecule has 244 valence electrons. The summed E-state index contributed by atoms with van der Waals surface area (Å²) in [4.78, 5) is 43.1. The van der Waals surface area contributed by atoms with E-state index in [9.17, 15) is 22.8 Å². The van der Waals surface area contributed by atoms with Crippen LogP contribution in [0.15, 0.2) is 59.5 Å². The predicted molar refractivity (Wildman–Crippen MR) is 176 cm³/mol. The Labute approximate surface area is 275 Å². The molecule has 2 aromatic carbocycles. The smallest absolute Gasteiger partial charge is 0.333 e. The molecule has 0 saturated carbocycles. The molecule has 13 nitrogen and oxygen atoms in total. The van der Waals surface area contributed by atoms with Crippen molar-refractivity contribution in [2.45, 2.75) is 30.7 Å². The number of hydrazine groups is 1. The van der Waals surface area contributed by atoms with Crippen molar-refractivity contribution in [2.24, 2.45) is 0 Å². The van der Waals surface area contributed by atoms with Crippen LogP contribution in [0, 0.1) is 6.92 Å². The Morgan fingerprint density at radius 1 is 1.02 bits per heavy atom. The average Bonchev–Trinajstić information content (AvgIpc) is 3.78. The number of urea groups is 1. The highest BCUT2D eigenvalue weighted by atomic mass is 32.2. The molecular formula is C32H33N7O6S2. The molecule has 2 saturated heterocycles. The molecule has 2 aromatic heterocycles. The Balaban J connectivity index is 1.05. The summed E-state index contributed by atoms with van der Waals surface area (Å²) in [6.07, 6.45) is 1.28. The van der Waals surface area contributed by atoms with Crippen LogP contribution in [0.25, 0.3) is 21.8 Å². The minimum absolute atomic E-state index is 0.192. The van der Waals surface area contributed by atoms with Gasteiger partial charge >= 0.3 is 6.03 Å². The van der Waals surface area contributed by atoms with Crippen LogP contribution in [0.5, 0.6) is 0 Å². The fraction of sp³-hybridized carbons (Fsp3) is 0.312. The highest BCUT2D eigenvalue weighted by Gasteiger charge is 2.36. The van der Waals surface area contributed by atoms with Crippen LogP contribution in [-0.4, -0.2) is 91.7 Å². The number of H-pyrrole nitrogens is 1. The van der Waals surface area contributed by atoms with Crippen molar-refractivity contribution in [2.75, 3.05) is 44.7 Å². The molecule has 3 amide bonds. The van der Waals surface area contributed by atoms with E-state index in [0.717, 1.165) is 5.56 Å². The Bertz CT molecular complexity index is 1970. The highest BCUT2D eigenvalue weighted by molar-refractivity contribution is 7.89. The number of carbonyl (C=O) groups is 3. The molecule has 2 fully saturated rings. The van der Waals surface area contributed by atoms with E-state index in [4.69, 9.17) is 4.74 Å². The van der Waals surface area contributed by atoms with Crippen molar-refractivity contribution in [1.82, 2.24) is 30.3 Å². The molecule has 4 N–H and O–H groups in total. The number of hydrogen-bond acceptors (Lipinski definition) is 9. The number of aromatic nitrogens is 2. The van der Waals surface area contributed by atoms with Gasteiger partial charge in [0.2, 0.25) is 10.0 Å². The minimum Gasteiger partial charge on any atom is -0.379 e. The maximum atomic E-state index is 13.8. The third-order valence-corrected chi connectivity index (χ3v) is 11.1. The number of anilines is 1. The Morgan fingerprint density at radius 2 is 1.81 bits per heavy atom. The summed E-state index contributed by atoms with van der Waals surface area (Å²) < 4.78 is 34.0. The molecule has 0 spiro atoms. The van der Waals surface area contributed by atoms with Gasteiger partial charge in [0.15, 0.2) is 5.78 Å². The topological polar surface area (TPSA) is 166 Å². The summed E-state index contributed by atoms with van der Waals surface area (Å²) in [5, 5.41) is 12.0. The highest BCUT2D eigenvalue weighted by Crippen LogP contribution is 2.44. The van der Waals surface area contributed by atoms with Gasteiger partial charge in [0.25, 0.3) is 5.91 Å². The van der Waals surface area contributed by atoms with E-state index < -0.39 is 22.1 Å². The lowest BCUT2D eigenvalue weighted by Gasteiger charge is -2.32. The van der Waals surface area contributed by atoms with E-state index in [1.165, 1.54) is 11.3 Å². The normalized spacial score (nSPS) is 18.1. The molecule has 2 aliphatic heterocycles. The van der Waals surface area contributed by atoms with Gasteiger partial charge in [0, 0.05) is 37.8 Å². The van der Waals surface area contributed by atoms with Crippen molar-refractivity contribution in [1.29, 1.82) is 0 Å². The van der Waals surface area contributed by atoms with Gasteiger partial charge in [0.05, 0.1) is 50.4 Å². The number of rotatable bonds is 7. The Kier molecular flexibility index (Phi) is 8.40. The first-order valence-corrected chi connectivity index (χ1v) is 17.6. The zero-order valence-corrected chi connectivity index (χ0v) is 27.2. The fourth-order valence-electron chi connectivity index (χ4n) is 6.14. The lowest BCUT2D eigenvalue weighted by atomic mass is 10.1. The molecule has 1 atom stereocenters. The lowest BCUT2D eigenvalue weighted by molar-refractivity contribution is 0.0207. The molecule has 0 bridgehead atoms. The van der Waals surface area contributed by atoms with Gasteiger partial charge in [-0.3, -0.25) is 20.1 Å². The number of likely N-dealkylation sites (tertiary alicyclic amines) is 1. The summed E-state index contributed by atoms with van der Waals surface area (Å²) in [5.41, 5.74) is 6.51. The number of morpholine rings is 1. The van der Waals surface area contributed by atoms with Gasteiger partial charge in [-0.2, -0.15) is 5.10 Å². The summed E-state index contributed by atoms with van der Waals surface area (Å²) in [6, 6.07) is 14.5. The number of sulfonamides is 1. The van der Waals surface area contributed by atoms with E-state index in [2.05, 4.69) is 25.7 Å². The van der Waals surface area contributed by atoms with Gasteiger partial charge in [0.1, 0.15) is 5.69 Å². The van der Waals surface area contributed by atoms with Crippen molar-refractivity contribution in [3.63, 3.8) is 0 Å². The van der Waals surface area contributed by atoms with Crippen LogP contribution < -0.4 is 15.5 Å². The predicted octanol–water partition coefficient (Wildman–Crippen LogP) is 3.61. The van der Waals surface area contributed by atoms with Crippen molar-refractivity contribution in [3.05, 3.63) is 76.2 Å². The largest absolute Gasteiger partial charge is 0.379 e.